The Labute approximate surface area is 203 Å². The Morgan fingerprint density at radius 3 is 2.46 bits per heavy atom. The summed E-state index contributed by atoms with van der Waals surface area (Å²) in [4.78, 5) is 53.3. The second kappa shape index (κ2) is 9.97. The first-order valence-electron chi connectivity index (χ1n) is 12.1. The zero-order chi connectivity index (χ0) is 24.4. The number of piperazine rings is 1. The van der Waals surface area contributed by atoms with Crippen LogP contribution in [-0.2, 0) is 22.6 Å². The van der Waals surface area contributed by atoms with Crippen molar-refractivity contribution in [1.82, 2.24) is 20.9 Å². The van der Waals surface area contributed by atoms with Crippen LogP contribution in [0.15, 0.2) is 42.5 Å². The Morgan fingerprint density at radius 1 is 0.943 bits per heavy atom. The lowest BCUT2D eigenvalue weighted by atomic mass is 10.0. The molecule has 9 heteroatoms. The number of hydrogen-bond donors (Lipinski definition) is 3. The fourth-order valence-electron chi connectivity index (χ4n) is 4.98. The predicted octanol–water partition coefficient (Wildman–Crippen LogP) is 0.830. The van der Waals surface area contributed by atoms with E-state index >= 15 is 0 Å². The van der Waals surface area contributed by atoms with Gasteiger partial charge in [0.15, 0.2) is 0 Å². The second-order valence-corrected chi connectivity index (χ2v) is 9.12. The van der Waals surface area contributed by atoms with Gasteiger partial charge in [0, 0.05) is 44.8 Å². The maximum atomic E-state index is 13.2. The summed E-state index contributed by atoms with van der Waals surface area (Å²) in [6, 6.07) is 12.9. The van der Waals surface area contributed by atoms with Crippen molar-refractivity contribution in [3.8, 4) is 0 Å². The first kappa shape index (κ1) is 23.2. The fourth-order valence-corrected chi connectivity index (χ4v) is 4.98. The predicted molar refractivity (Wildman–Crippen MR) is 130 cm³/mol. The van der Waals surface area contributed by atoms with Gasteiger partial charge in [-0.2, -0.15) is 0 Å². The third-order valence-electron chi connectivity index (χ3n) is 6.88. The summed E-state index contributed by atoms with van der Waals surface area (Å²) in [5, 5.41) is 8.97. The first-order chi connectivity index (χ1) is 17.0. The molecule has 9 nitrogen and oxygen atoms in total. The number of rotatable bonds is 7. The van der Waals surface area contributed by atoms with Crippen molar-refractivity contribution in [3.05, 3.63) is 64.7 Å². The molecule has 35 heavy (non-hydrogen) atoms. The quantitative estimate of drug-likeness (QED) is 0.402. The minimum atomic E-state index is -0.954. The Morgan fingerprint density at radius 2 is 1.71 bits per heavy atom. The average Bonchev–Trinajstić information content (AvgIpc) is 3.13. The fraction of sp³-hybridized carbons (Fsp3) is 0.385. The SMILES string of the molecule is O=C1CCC(N2C(=O)c3cccc(CNCCc4ccc(N5CCNCC5)cc4)c3C2=O)C(=O)N1. The van der Waals surface area contributed by atoms with Gasteiger partial charge in [0.2, 0.25) is 11.8 Å². The zero-order valence-corrected chi connectivity index (χ0v) is 19.5. The Hall–Kier alpha value is -3.56. The molecule has 3 aliphatic rings. The zero-order valence-electron chi connectivity index (χ0n) is 19.5. The van der Waals surface area contributed by atoms with E-state index in [1.165, 1.54) is 11.3 Å². The number of piperidine rings is 1. The number of amides is 4. The Kier molecular flexibility index (Phi) is 6.61. The van der Waals surface area contributed by atoms with Gasteiger partial charge in [-0.05, 0) is 48.7 Å². The molecule has 2 aromatic carbocycles. The van der Waals surface area contributed by atoms with Crippen LogP contribution >= 0.6 is 0 Å². The maximum Gasteiger partial charge on any atom is 0.262 e. The van der Waals surface area contributed by atoms with Crippen molar-refractivity contribution in [3.63, 3.8) is 0 Å². The van der Waals surface area contributed by atoms with Crippen molar-refractivity contribution in [2.24, 2.45) is 0 Å². The van der Waals surface area contributed by atoms with E-state index in [9.17, 15) is 19.2 Å². The number of carbonyl (C=O) groups is 4. The van der Waals surface area contributed by atoms with E-state index in [0.717, 1.165) is 49.6 Å². The first-order valence-corrected chi connectivity index (χ1v) is 12.1. The third-order valence-corrected chi connectivity index (χ3v) is 6.88. The highest BCUT2D eigenvalue weighted by atomic mass is 16.2. The van der Waals surface area contributed by atoms with E-state index < -0.39 is 23.8 Å². The Bertz CT molecular complexity index is 1160. The summed E-state index contributed by atoms with van der Waals surface area (Å²) < 4.78 is 0. The highest BCUT2D eigenvalue weighted by Gasteiger charge is 2.45. The van der Waals surface area contributed by atoms with E-state index in [1.54, 1.807) is 12.1 Å². The lowest BCUT2D eigenvalue weighted by molar-refractivity contribution is -0.136. The smallest absolute Gasteiger partial charge is 0.262 e. The van der Waals surface area contributed by atoms with Gasteiger partial charge in [-0.15, -0.1) is 0 Å². The molecule has 3 heterocycles. The summed E-state index contributed by atoms with van der Waals surface area (Å²) in [7, 11) is 0. The molecule has 0 spiro atoms. The Balaban J connectivity index is 1.19. The van der Waals surface area contributed by atoms with Crippen molar-refractivity contribution in [1.29, 1.82) is 0 Å². The van der Waals surface area contributed by atoms with E-state index in [2.05, 4.69) is 45.1 Å². The van der Waals surface area contributed by atoms with Gasteiger partial charge in [0.25, 0.3) is 11.8 Å². The molecular weight excluding hydrogens is 446 g/mol. The molecule has 182 valence electrons. The number of nitrogens with zero attached hydrogens (tertiary/aromatic N) is 2. The molecule has 1 unspecified atom stereocenters. The van der Waals surface area contributed by atoms with Gasteiger partial charge in [0.05, 0.1) is 11.1 Å². The van der Waals surface area contributed by atoms with Crippen LogP contribution in [0.1, 0.15) is 44.7 Å². The highest BCUT2D eigenvalue weighted by molar-refractivity contribution is 6.24. The topological polar surface area (TPSA) is 111 Å². The van der Waals surface area contributed by atoms with Gasteiger partial charge in [-0.3, -0.25) is 29.4 Å². The van der Waals surface area contributed by atoms with Crippen molar-refractivity contribution < 1.29 is 19.2 Å². The van der Waals surface area contributed by atoms with Crippen molar-refractivity contribution in [2.45, 2.75) is 31.8 Å². The van der Waals surface area contributed by atoms with E-state index in [-0.39, 0.29) is 18.7 Å². The lowest BCUT2D eigenvalue weighted by Crippen LogP contribution is -2.54. The number of nitrogens with one attached hydrogen (secondary N) is 3. The maximum absolute atomic E-state index is 13.2. The summed E-state index contributed by atoms with van der Waals surface area (Å²) in [5.41, 5.74) is 3.85. The molecule has 0 saturated carbocycles. The molecule has 1 atom stereocenters. The molecular formula is C26H29N5O4. The standard InChI is InChI=1S/C26H29N5O4/c32-22-9-8-21(24(33)29-22)31-25(34)20-3-1-2-18(23(20)26(31)35)16-28-11-10-17-4-6-19(7-5-17)30-14-12-27-13-15-30/h1-7,21,27-28H,8-16H2,(H,29,32,33). The van der Waals surface area contributed by atoms with Crippen LogP contribution in [0.3, 0.4) is 0 Å². The van der Waals surface area contributed by atoms with Crippen LogP contribution in [0.2, 0.25) is 0 Å². The van der Waals surface area contributed by atoms with Gasteiger partial charge < -0.3 is 15.5 Å². The van der Waals surface area contributed by atoms with E-state index in [0.29, 0.717) is 17.7 Å². The van der Waals surface area contributed by atoms with E-state index in [1.807, 2.05) is 6.07 Å². The van der Waals surface area contributed by atoms with Crippen LogP contribution < -0.4 is 20.9 Å². The molecule has 5 rings (SSSR count). The molecule has 0 aliphatic carbocycles. The second-order valence-electron chi connectivity index (χ2n) is 9.12. The van der Waals surface area contributed by atoms with Crippen LogP contribution in [0.25, 0.3) is 0 Å². The monoisotopic (exact) mass is 475 g/mol. The minimum Gasteiger partial charge on any atom is -0.369 e. The van der Waals surface area contributed by atoms with Crippen LogP contribution in [0.4, 0.5) is 5.69 Å². The number of carbonyl (C=O) groups excluding carboxylic acids is 4. The molecule has 4 amide bonds. The number of benzene rings is 2. The van der Waals surface area contributed by atoms with Crippen LogP contribution in [-0.4, -0.2) is 67.3 Å². The van der Waals surface area contributed by atoms with E-state index in [4.69, 9.17) is 0 Å². The third kappa shape index (κ3) is 4.69. The lowest BCUT2D eigenvalue weighted by Gasteiger charge is -2.29. The molecule has 2 fully saturated rings. The number of hydrogen-bond acceptors (Lipinski definition) is 7. The van der Waals surface area contributed by atoms with Crippen molar-refractivity contribution >= 4 is 29.3 Å². The molecule has 2 saturated heterocycles. The number of anilines is 1. The van der Waals surface area contributed by atoms with Gasteiger partial charge in [-0.25, -0.2) is 0 Å². The molecule has 0 radical (unpaired) electrons. The van der Waals surface area contributed by atoms with Gasteiger partial charge in [-0.1, -0.05) is 24.3 Å². The molecule has 0 aromatic heterocycles. The minimum absolute atomic E-state index is 0.106. The number of fused-ring (bicyclic) bond motifs is 1. The van der Waals surface area contributed by atoms with Gasteiger partial charge >= 0.3 is 0 Å². The largest absolute Gasteiger partial charge is 0.369 e. The summed E-state index contributed by atoms with van der Waals surface area (Å²) >= 11 is 0. The molecule has 0 bridgehead atoms. The van der Waals surface area contributed by atoms with Crippen molar-refractivity contribution in [2.75, 3.05) is 37.6 Å². The summed E-state index contributed by atoms with van der Waals surface area (Å²) in [6.07, 6.45) is 1.09. The summed E-state index contributed by atoms with van der Waals surface area (Å²) in [6.45, 7) is 5.21. The summed E-state index contributed by atoms with van der Waals surface area (Å²) in [5.74, 6) is -1.93. The van der Waals surface area contributed by atoms with Crippen LogP contribution in [0.5, 0.6) is 0 Å². The number of imide groups is 2. The van der Waals surface area contributed by atoms with Crippen LogP contribution in [0, 0.1) is 0 Å². The highest BCUT2D eigenvalue weighted by Crippen LogP contribution is 2.30. The molecule has 2 aromatic rings. The normalized spacial score (nSPS) is 20.3. The molecule has 3 N–H and O–H groups in total. The van der Waals surface area contributed by atoms with Gasteiger partial charge in [0.1, 0.15) is 6.04 Å². The molecule has 3 aliphatic heterocycles. The average molecular weight is 476 g/mol.